The van der Waals surface area contributed by atoms with Crippen molar-refractivity contribution in [2.24, 2.45) is 0 Å². The van der Waals surface area contributed by atoms with E-state index in [0.29, 0.717) is 56.4 Å². The molecule has 2 heterocycles. The number of benzene rings is 2. The number of rotatable bonds is 7. The van der Waals surface area contributed by atoms with Crippen LogP contribution in [0.2, 0.25) is 0 Å². The Hall–Kier alpha value is -3.30. The normalized spacial score (nSPS) is 18.7. The highest BCUT2D eigenvalue weighted by Crippen LogP contribution is 2.26. The van der Waals surface area contributed by atoms with Gasteiger partial charge in [0.1, 0.15) is 11.5 Å². The van der Waals surface area contributed by atoms with Crippen LogP contribution in [0.1, 0.15) is 15.9 Å². The first-order chi connectivity index (χ1) is 17.1. The fraction of sp³-hybridized carbons (Fsp3) is 0.462. The molecule has 2 aliphatic heterocycles. The van der Waals surface area contributed by atoms with Crippen LogP contribution in [0, 0.1) is 0 Å². The van der Waals surface area contributed by atoms with Crippen LogP contribution in [0.3, 0.4) is 0 Å². The van der Waals surface area contributed by atoms with E-state index in [4.69, 9.17) is 14.2 Å². The average molecular weight is 483 g/mol. The lowest BCUT2D eigenvalue weighted by Gasteiger charge is -2.39. The summed E-state index contributed by atoms with van der Waals surface area (Å²) in [5, 5.41) is 3.00. The van der Waals surface area contributed by atoms with Gasteiger partial charge in [-0.15, -0.1) is 0 Å². The van der Waals surface area contributed by atoms with E-state index in [-0.39, 0.29) is 18.0 Å². The SMILES string of the molecule is COc1ccc(C(=O)N2CCN(CC3CN(C(=O)NCc4ccccc4)CCO3)CC2)c(OC)c1. The summed E-state index contributed by atoms with van der Waals surface area (Å²) in [6, 6.07) is 15.1. The highest BCUT2D eigenvalue weighted by Gasteiger charge is 2.29. The molecular weight excluding hydrogens is 448 g/mol. The van der Waals surface area contributed by atoms with Crippen molar-refractivity contribution in [3.8, 4) is 11.5 Å². The minimum absolute atomic E-state index is 0.0423. The van der Waals surface area contributed by atoms with E-state index in [0.717, 1.165) is 25.2 Å². The molecule has 0 saturated carbocycles. The Balaban J connectivity index is 1.24. The van der Waals surface area contributed by atoms with Gasteiger partial charge in [0, 0.05) is 58.4 Å². The van der Waals surface area contributed by atoms with E-state index >= 15 is 0 Å². The molecule has 0 spiro atoms. The number of carbonyl (C=O) groups excluding carboxylic acids is 2. The molecule has 1 unspecified atom stereocenters. The number of urea groups is 1. The Labute approximate surface area is 206 Å². The van der Waals surface area contributed by atoms with Crippen LogP contribution in [-0.2, 0) is 11.3 Å². The maximum atomic E-state index is 13.1. The number of nitrogens with one attached hydrogen (secondary N) is 1. The number of hydrogen-bond acceptors (Lipinski definition) is 6. The van der Waals surface area contributed by atoms with Gasteiger partial charge in [0.15, 0.2) is 0 Å². The van der Waals surface area contributed by atoms with Crippen molar-refractivity contribution in [1.82, 2.24) is 20.0 Å². The molecule has 9 nitrogen and oxygen atoms in total. The van der Waals surface area contributed by atoms with Gasteiger partial charge >= 0.3 is 6.03 Å². The molecule has 0 bridgehead atoms. The van der Waals surface area contributed by atoms with E-state index in [2.05, 4.69) is 10.2 Å². The molecule has 35 heavy (non-hydrogen) atoms. The number of piperazine rings is 1. The lowest BCUT2D eigenvalue weighted by atomic mass is 10.1. The van der Waals surface area contributed by atoms with Crippen molar-refractivity contribution in [2.75, 3.05) is 66.6 Å². The first-order valence-corrected chi connectivity index (χ1v) is 12.0. The van der Waals surface area contributed by atoms with Crippen LogP contribution in [0.25, 0.3) is 0 Å². The number of nitrogens with zero attached hydrogens (tertiary/aromatic N) is 3. The summed E-state index contributed by atoms with van der Waals surface area (Å²) >= 11 is 0. The maximum absolute atomic E-state index is 13.1. The van der Waals surface area contributed by atoms with Crippen molar-refractivity contribution in [3.63, 3.8) is 0 Å². The van der Waals surface area contributed by atoms with Crippen molar-refractivity contribution in [1.29, 1.82) is 0 Å². The number of morpholine rings is 1. The molecule has 188 valence electrons. The lowest BCUT2D eigenvalue weighted by molar-refractivity contribution is -0.0353. The average Bonchev–Trinajstić information content (AvgIpc) is 2.92. The van der Waals surface area contributed by atoms with Gasteiger partial charge in [-0.2, -0.15) is 0 Å². The number of hydrogen-bond donors (Lipinski definition) is 1. The quantitative estimate of drug-likeness (QED) is 0.651. The van der Waals surface area contributed by atoms with Gasteiger partial charge in [-0.25, -0.2) is 4.79 Å². The summed E-state index contributed by atoms with van der Waals surface area (Å²) < 4.78 is 16.6. The Bertz CT molecular complexity index is 994. The van der Waals surface area contributed by atoms with Crippen molar-refractivity contribution in [3.05, 3.63) is 59.7 Å². The van der Waals surface area contributed by atoms with Gasteiger partial charge in [0.25, 0.3) is 5.91 Å². The maximum Gasteiger partial charge on any atom is 0.317 e. The summed E-state index contributed by atoms with van der Waals surface area (Å²) in [5.41, 5.74) is 1.61. The van der Waals surface area contributed by atoms with Crippen LogP contribution >= 0.6 is 0 Å². The Morgan fingerprint density at radius 3 is 2.46 bits per heavy atom. The zero-order chi connectivity index (χ0) is 24.6. The van der Waals surface area contributed by atoms with E-state index in [1.165, 1.54) is 0 Å². The third-order valence-electron chi connectivity index (χ3n) is 6.47. The zero-order valence-corrected chi connectivity index (χ0v) is 20.4. The molecule has 2 aromatic carbocycles. The van der Waals surface area contributed by atoms with E-state index in [1.54, 1.807) is 32.4 Å². The first-order valence-electron chi connectivity index (χ1n) is 12.0. The van der Waals surface area contributed by atoms with Gasteiger partial charge < -0.3 is 29.3 Å². The number of amides is 3. The molecule has 1 N–H and O–H groups in total. The molecule has 0 radical (unpaired) electrons. The minimum atomic E-state index is -0.0639. The minimum Gasteiger partial charge on any atom is -0.497 e. The molecule has 3 amide bonds. The number of carbonyl (C=O) groups is 2. The Morgan fingerprint density at radius 1 is 0.971 bits per heavy atom. The predicted molar refractivity (Wildman–Crippen MR) is 132 cm³/mol. The lowest BCUT2D eigenvalue weighted by Crippen LogP contribution is -2.55. The van der Waals surface area contributed by atoms with Crippen LogP contribution in [0.5, 0.6) is 11.5 Å². The summed E-state index contributed by atoms with van der Waals surface area (Å²) in [4.78, 5) is 31.7. The summed E-state index contributed by atoms with van der Waals surface area (Å²) in [5.74, 6) is 1.12. The van der Waals surface area contributed by atoms with Crippen LogP contribution < -0.4 is 14.8 Å². The number of ether oxygens (including phenoxy) is 3. The van der Waals surface area contributed by atoms with Gasteiger partial charge in [0.05, 0.1) is 32.5 Å². The van der Waals surface area contributed by atoms with Crippen LogP contribution in [0.4, 0.5) is 4.79 Å². The first kappa shape index (κ1) is 24.8. The number of methoxy groups -OCH3 is 2. The molecule has 2 saturated heterocycles. The van der Waals surface area contributed by atoms with E-state index in [1.807, 2.05) is 40.1 Å². The van der Waals surface area contributed by atoms with Crippen LogP contribution in [-0.4, -0.2) is 99.4 Å². The van der Waals surface area contributed by atoms with Crippen molar-refractivity contribution >= 4 is 11.9 Å². The fourth-order valence-corrected chi connectivity index (χ4v) is 4.47. The highest BCUT2D eigenvalue weighted by molar-refractivity contribution is 5.97. The predicted octanol–water partition coefficient (Wildman–Crippen LogP) is 2.07. The Morgan fingerprint density at radius 2 is 1.74 bits per heavy atom. The van der Waals surface area contributed by atoms with Gasteiger partial charge in [-0.1, -0.05) is 30.3 Å². The molecular formula is C26H34N4O5. The molecule has 2 aromatic rings. The largest absolute Gasteiger partial charge is 0.497 e. The molecule has 2 fully saturated rings. The monoisotopic (exact) mass is 482 g/mol. The summed E-state index contributed by atoms with van der Waals surface area (Å²) in [6.07, 6.45) is -0.0461. The van der Waals surface area contributed by atoms with Gasteiger partial charge in [-0.05, 0) is 17.7 Å². The second-order valence-corrected chi connectivity index (χ2v) is 8.74. The highest BCUT2D eigenvalue weighted by atomic mass is 16.5. The Kier molecular flexibility index (Phi) is 8.44. The summed E-state index contributed by atoms with van der Waals surface area (Å²) in [7, 11) is 3.14. The third-order valence-corrected chi connectivity index (χ3v) is 6.47. The second kappa shape index (κ2) is 11.9. The van der Waals surface area contributed by atoms with E-state index < -0.39 is 0 Å². The molecule has 9 heteroatoms. The smallest absolute Gasteiger partial charge is 0.317 e. The van der Waals surface area contributed by atoms with E-state index in [9.17, 15) is 9.59 Å². The zero-order valence-electron chi connectivity index (χ0n) is 20.4. The summed E-state index contributed by atoms with van der Waals surface area (Å²) in [6.45, 7) is 5.68. The molecule has 1 atom stereocenters. The van der Waals surface area contributed by atoms with Crippen LogP contribution in [0.15, 0.2) is 48.5 Å². The van der Waals surface area contributed by atoms with Gasteiger partial charge in [0.2, 0.25) is 0 Å². The van der Waals surface area contributed by atoms with Gasteiger partial charge in [-0.3, -0.25) is 9.69 Å². The molecule has 4 rings (SSSR count). The standard InChI is InChI=1S/C26H34N4O5/c1-33-21-8-9-23(24(16-21)34-2)25(31)29-12-10-28(11-13-29)18-22-19-30(14-15-35-22)26(32)27-17-20-6-4-3-5-7-20/h3-9,16,22H,10-15,17-19H2,1-2H3,(H,27,32). The molecule has 0 aromatic heterocycles. The van der Waals surface area contributed by atoms with Crippen molar-refractivity contribution in [2.45, 2.75) is 12.6 Å². The molecule has 2 aliphatic rings. The fourth-order valence-electron chi connectivity index (χ4n) is 4.47. The third kappa shape index (κ3) is 6.43. The van der Waals surface area contributed by atoms with Crippen molar-refractivity contribution < 1.29 is 23.8 Å². The second-order valence-electron chi connectivity index (χ2n) is 8.74. The molecule has 0 aliphatic carbocycles. The topological polar surface area (TPSA) is 83.6 Å².